The Morgan fingerprint density at radius 3 is 2.38 bits per heavy atom. The molecule has 0 saturated carbocycles. The standard InChI is InChI=1S/C17H21N5O3S/c18-26(24,25)14-5-3-13(4-6-14)7-8-19-16-12-20-15(11-21-16)17(23)22-9-1-2-10-22/h3-6,11-12H,1-2,7-10H2,(H,19,21)(H2,18,24,25). The first-order valence-electron chi connectivity index (χ1n) is 8.40. The van der Waals surface area contributed by atoms with Crippen molar-refractivity contribution in [2.24, 2.45) is 5.14 Å². The molecule has 1 aromatic carbocycles. The van der Waals surface area contributed by atoms with E-state index in [2.05, 4.69) is 15.3 Å². The van der Waals surface area contributed by atoms with E-state index in [-0.39, 0.29) is 10.8 Å². The van der Waals surface area contributed by atoms with Crippen molar-refractivity contribution in [2.75, 3.05) is 25.0 Å². The lowest BCUT2D eigenvalue weighted by molar-refractivity contribution is 0.0786. The highest BCUT2D eigenvalue weighted by Crippen LogP contribution is 2.12. The van der Waals surface area contributed by atoms with E-state index < -0.39 is 10.0 Å². The van der Waals surface area contributed by atoms with Gasteiger partial charge >= 0.3 is 0 Å². The molecule has 0 atom stereocenters. The molecule has 1 aliphatic rings. The number of carbonyl (C=O) groups is 1. The summed E-state index contributed by atoms with van der Waals surface area (Å²) in [5.74, 6) is 0.514. The van der Waals surface area contributed by atoms with Crippen molar-refractivity contribution in [3.05, 3.63) is 47.9 Å². The summed E-state index contributed by atoms with van der Waals surface area (Å²) in [5, 5.41) is 8.21. The van der Waals surface area contributed by atoms with Crippen molar-refractivity contribution in [1.29, 1.82) is 0 Å². The van der Waals surface area contributed by atoms with Gasteiger partial charge in [-0.1, -0.05) is 12.1 Å². The van der Waals surface area contributed by atoms with Gasteiger partial charge in [0.15, 0.2) is 0 Å². The second-order valence-electron chi connectivity index (χ2n) is 6.15. The van der Waals surface area contributed by atoms with Crippen molar-refractivity contribution >= 4 is 21.7 Å². The van der Waals surface area contributed by atoms with E-state index in [9.17, 15) is 13.2 Å². The molecule has 1 amide bonds. The molecule has 138 valence electrons. The highest BCUT2D eigenvalue weighted by molar-refractivity contribution is 7.89. The van der Waals surface area contributed by atoms with Crippen LogP contribution in [0.25, 0.3) is 0 Å². The topological polar surface area (TPSA) is 118 Å². The van der Waals surface area contributed by atoms with Crippen molar-refractivity contribution < 1.29 is 13.2 Å². The summed E-state index contributed by atoms with van der Waals surface area (Å²) < 4.78 is 22.5. The zero-order chi connectivity index (χ0) is 18.6. The van der Waals surface area contributed by atoms with E-state index in [4.69, 9.17) is 5.14 Å². The molecule has 0 unspecified atom stereocenters. The molecule has 3 N–H and O–H groups in total. The molecule has 0 aliphatic carbocycles. The number of aromatic nitrogens is 2. The van der Waals surface area contributed by atoms with Crippen LogP contribution in [0.1, 0.15) is 28.9 Å². The van der Waals surface area contributed by atoms with Gasteiger partial charge in [-0.15, -0.1) is 0 Å². The second kappa shape index (κ2) is 7.79. The number of amides is 1. The Labute approximate surface area is 152 Å². The summed E-state index contributed by atoms with van der Waals surface area (Å²) in [6, 6.07) is 6.43. The van der Waals surface area contributed by atoms with Crippen molar-refractivity contribution in [3.63, 3.8) is 0 Å². The minimum atomic E-state index is -3.67. The van der Waals surface area contributed by atoms with Crippen molar-refractivity contribution in [2.45, 2.75) is 24.2 Å². The highest BCUT2D eigenvalue weighted by Gasteiger charge is 2.20. The van der Waals surface area contributed by atoms with Crippen LogP contribution in [0.2, 0.25) is 0 Å². The number of sulfonamides is 1. The van der Waals surface area contributed by atoms with Crippen LogP contribution < -0.4 is 10.5 Å². The Morgan fingerprint density at radius 2 is 1.81 bits per heavy atom. The molecule has 3 rings (SSSR count). The number of nitrogens with two attached hydrogens (primary N) is 1. The fourth-order valence-electron chi connectivity index (χ4n) is 2.79. The van der Waals surface area contributed by atoms with Crippen LogP contribution in [0.15, 0.2) is 41.6 Å². The van der Waals surface area contributed by atoms with Gasteiger partial charge in [0.1, 0.15) is 11.5 Å². The molecule has 8 nitrogen and oxygen atoms in total. The molecular formula is C17H21N5O3S. The predicted octanol–water partition coefficient (Wildman–Crippen LogP) is 1.01. The van der Waals surface area contributed by atoms with Crippen LogP contribution in [-0.4, -0.2) is 48.8 Å². The summed E-state index contributed by atoms with van der Waals surface area (Å²) >= 11 is 0. The van der Waals surface area contributed by atoms with Gasteiger partial charge in [0.05, 0.1) is 17.3 Å². The Bertz CT molecular complexity index is 860. The van der Waals surface area contributed by atoms with Gasteiger partial charge in [-0.25, -0.2) is 23.5 Å². The zero-order valence-corrected chi connectivity index (χ0v) is 15.1. The van der Waals surface area contributed by atoms with Crippen LogP contribution in [0.3, 0.4) is 0 Å². The molecule has 0 spiro atoms. The molecule has 9 heteroatoms. The largest absolute Gasteiger partial charge is 0.368 e. The van der Waals surface area contributed by atoms with E-state index in [0.717, 1.165) is 31.5 Å². The van der Waals surface area contributed by atoms with Crippen LogP contribution in [0, 0.1) is 0 Å². The summed E-state index contributed by atoms with van der Waals surface area (Å²) in [6.45, 7) is 2.17. The summed E-state index contributed by atoms with van der Waals surface area (Å²) in [6.07, 6.45) is 5.80. The van der Waals surface area contributed by atoms with Gasteiger partial charge in [-0.2, -0.15) is 0 Å². The fraction of sp³-hybridized carbons (Fsp3) is 0.353. The first kappa shape index (κ1) is 18.3. The number of nitrogens with one attached hydrogen (secondary N) is 1. The Hall–Kier alpha value is -2.52. The van der Waals surface area contributed by atoms with Gasteiger partial charge in [-0.3, -0.25) is 4.79 Å². The molecule has 1 aliphatic heterocycles. The average molecular weight is 375 g/mol. The van der Waals surface area contributed by atoms with Crippen LogP contribution in [-0.2, 0) is 16.4 Å². The fourth-order valence-corrected chi connectivity index (χ4v) is 3.31. The lowest BCUT2D eigenvalue weighted by atomic mass is 10.1. The van der Waals surface area contributed by atoms with Gasteiger partial charge in [0, 0.05) is 19.6 Å². The molecule has 0 bridgehead atoms. The highest BCUT2D eigenvalue weighted by atomic mass is 32.2. The van der Waals surface area contributed by atoms with Crippen molar-refractivity contribution in [1.82, 2.24) is 14.9 Å². The molecule has 1 fully saturated rings. The number of carbonyl (C=O) groups excluding carboxylic acids is 1. The van der Waals surface area contributed by atoms with E-state index in [1.807, 2.05) is 0 Å². The normalized spacial score (nSPS) is 14.4. The number of hydrogen-bond acceptors (Lipinski definition) is 6. The van der Waals surface area contributed by atoms with E-state index in [1.54, 1.807) is 23.2 Å². The molecule has 1 saturated heterocycles. The molecule has 1 aromatic heterocycles. The van der Waals surface area contributed by atoms with Gasteiger partial charge < -0.3 is 10.2 Å². The van der Waals surface area contributed by atoms with Crippen LogP contribution >= 0.6 is 0 Å². The summed E-state index contributed by atoms with van der Waals surface area (Å²) in [5.41, 5.74) is 1.33. The molecule has 26 heavy (non-hydrogen) atoms. The lowest BCUT2D eigenvalue weighted by Gasteiger charge is -2.14. The van der Waals surface area contributed by atoms with Gasteiger partial charge in [0.25, 0.3) is 5.91 Å². The van der Waals surface area contributed by atoms with Crippen LogP contribution in [0.4, 0.5) is 5.82 Å². The van der Waals surface area contributed by atoms with E-state index in [1.165, 1.54) is 18.3 Å². The maximum absolute atomic E-state index is 12.2. The second-order valence-corrected chi connectivity index (χ2v) is 7.71. The van der Waals surface area contributed by atoms with Gasteiger partial charge in [0.2, 0.25) is 10.0 Å². The van der Waals surface area contributed by atoms with Crippen LogP contribution in [0.5, 0.6) is 0 Å². The molecule has 2 heterocycles. The van der Waals surface area contributed by atoms with Gasteiger partial charge in [-0.05, 0) is 37.0 Å². The summed E-state index contributed by atoms with van der Waals surface area (Å²) in [7, 11) is -3.67. The summed E-state index contributed by atoms with van der Waals surface area (Å²) in [4.78, 5) is 22.5. The number of nitrogens with zero attached hydrogens (tertiary/aromatic N) is 3. The molecule has 2 aromatic rings. The zero-order valence-electron chi connectivity index (χ0n) is 14.3. The number of benzene rings is 1. The maximum Gasteiger partial charge on any atom is 0.274 e. The monoisotopic (exact) mass is 375 g/mol. The van der Waals surface area contributed by atoms with Crippen molar-refractivity contribution in [3.8, 4) is 0 Å². The molecular weight excluding hydrogens is 354 g/mol. The molecule has 0 radical (unpaired) electrons. The Balaban J connectivity index is 1.51. The quantitative estimate of drug-likeness (QED) is 0.778. The number of primary sulfonamides is 1. The Kier molecular flexibility index (Phi) is 5.48. The minimum Gasteiger partial charge on any atom is -0.368 e. The smallest absolute Gasteiger partial charge is 0.274 e. The average Bonchev–Trinajstić information content (AvgIpc) is 3.16. The first-order valence-corrected chi connectivity index (χ1v) is 9.95. The third kappa shape index (κ3) is 4.55. The lowest BCUT2D eigenvalue weighted by Crippen LogP contribution is -2.28. The predicted molar refractivity (Wildman–Crippen MR) is 97.2 cm³/mol. The first-order chi connectivity index (χ1) is 12.4. The van der Waals surface area contributed by atoms with E-state index in [0.29, 0.717) is 24.5 Å². The SMILES string of the molecule is NS(=O)(=O)c1ccc(CCNc2cnc(C(=O)N3CCCC3)cn2)cc1. The third-order valence-corrected chi connectivity index (χ3v) is 5.17. The minimum absolute atomic E-state index is 0.0727. The number of rotatable bonds is 6. The van der Waals surface area contributed by atoms with E-state index >= 15 is 0 Å². The Morgan fingerprint density at radius 1 is 1.12 bits per heavy atom. The number of anilines is 1. The number of hydrogen-bond donors (Lipinski definition) is 2. The maximum atomic E-state index is 12.2. The third-order valence-electron chi connectivity index (χ3n) is 4.24. The number of likely N-dealkylation sites (tertiary alicyclic amines) is 1.